The molecule has 1 saturated carbocycles. The first-order chi connectivity index (χ1) is 16.1. The van der Waals surface area contributed by atoms with Gasteiger partial charge in [0.15, 0.2) is 0 Å². The summed E-state index contributed by atoms with van der Waals surface area (Å²) < 4.78 is 20.6. The van der Waals surface area contributed by atoms with E-state index in [1.165, 1.54) is 32.0 Å². The molecule has 1 aliphatic carbocycles. The van der Waals surface area contributed by atoms with Gasteiger partial charge in [-0.15, -0.1) is 0 Å². The highest BCUT2D eigenvalue weighted by Gasteiger charge is 2.42. The summed E-state index contributed by atoms with van der Waals surface area (Å²) >= 11 is 0. The number of benzene rings is 2. The van der Waals surface area contributed by atoms with E-state index in [-0.39, 0.29) is 11.7 Å². The Kier molecular flexibility index (Phi) is 8.02. The van der Waals surface area contributed by atoms with Gasteiger partial charge in [0.05, 0.1) is 12.0 Å². The Hall–Kier alpha value is -2.40. The molecule has 5 heteroatoms. The van der Waals surface area contributed by atoms with Crippen molar-refractivity contribution < 1.29 is 13.9 Å². The Morgan fingerprint density at radius 3 is 2.58 bits per heavy atom. The second-order valence-corrected chi connectivity index (χ2v) is 9.85. The molecule has 0 spiro atoms. The average molecular weight is 453 g/mol. The van der Waals surface area contributed by atoms with Crippen molar-refractivity contribution >= 4 is 11.6 Å². The lowest BCUT2D eigenvalue weighted by atomic mass is 9.68. The van der Waals surface area contributed by atoms with E-state index in [4.69, 9.17) is 4.74 Å². The van der Waals surface area contributed by atoms with Gasteiger partial charge in [-0.2, -0.15) is 0 Å². The van der Waals surface area contributed by atoms with Crippen LogP contribution in [-0.4, -0.2) is 37.0 Å². The first-order valence-electron chi connectivity index (χ1n) is 12.6. The first-order valence-corrected chi connectivity index (χ1v) is 12.6. The number of rotatable bonds is 8. The molecule has 0 bridgehead atoms. The first kappa shape index (κ1) is 23.7. The summed E-state index contributed by atoms with van der Waals surface area (Å²) in [4.78, 5) is 15.9. The van der Waals surface area contributed by atoms with E-state index in [9.17, 15) is 9.18 Å². The third-order valence-electron chi connectivity index (χ3n) is 7.27. The highest BCUT2D eigenvalue weighted by Crippen LogP contribution is 2.41. The Morgan fingerprint density at radius 2 is 1.85 bits per heavy atom. The number of carbonyl (C=O) groups is 1. The monoisotopic (exact) mass is 452 g/mol. The SMILES string of the molecule is C[C@@H]1CCCN(CCCOc2ccc(NC(=O)C3(c4ccccc4F)CCCCC3)cc2)C1. The normalized spacial score (nSPS) is 20.8. The lowest BCUT2D eigenvalue weighted by Crippen LogP contribution is -2.42. The summed E-state index contributed by atoms with van der Waals surface area (Å²) in [6, 6.07) is 14.3. The van der Waals surface area contributed by atoms with Crippen LogP contribution in [0.25, 0.3) is 0 Å². The van der Waals surface area contributed by atoms with Gasteiger partial charge in [-0.05, 0) is 74.9 Å². The van der Waals surface area contributed by atoms with Crippen LogP contribution in [0.3, 0.4) is 0 Å². The van der Waals surface area contributed by atoms with Crippen LogP contribution in [0.15, 0.2) is 48.5 Å². The third-order valence-corrected chi connectivity index (χ3v) is 7.27. The number of hydrogen-bond donors (Lipinski definition) is 1. The molecular weight excluding hydrogens is 415 g/mol. The number of likely N-dealkylation sites (tertiary alicyclic amines) is 1. The molecule has 33 heavy (non-hydrogen) atoms. The molecule has 0 aromatic heterocycles. The summed E-state index contributed by atoms with van der Waals surface area (Å²) in [5.74, 6) is 1.20. The highest BCUT2D eigenvalue weighted by molar-refractivity contribution is 5.99. The van der Waals surface area contributed by atoms with Gasteiger partial charge in [0, 0.05) is 24.3 Å². The molecule has 1 heterocycles. The van der Waals surface area contributed by atoms with Gasteiger partial charge >= 0.3 is 0 Å². The maximum atomic E-state index is 14.7. The zero-order chi connectivity index (χ0) is 23.1. The Labute approximate surface area is 197 Å². The number of ether oxygens (including phenoxy) is 1. The van der Waals surface area contributed by atoms with Crippen LogP contribution >= 0.6 is 0 Å². The molecular formula is C28H37FN2O2. The summed E-state index contributed by atoms with van der Waals surface area (Å²) in [5.41, 5.74) is 0.436. The van der Waals surface area contributed by atoms with Crippen molar-refractivity contribution in [1.82, 2.24) is 4.90 Å². The molecule has 178 valence electrons. The summed E-state index contributed by atoms with van der Waals surface area (Å²) in [6.45, 7) is 6.49. The largest absolute Gasteiger partial charge is 0.494 e. The highest BCUT2D eigenvalue weighted by atomic mass is 19.1. The number of anilines is 1. The minimum absolute atomic E-state index is 0.114. The second kappa shape index (κ2) is 11.1. The topological polar surface area (TPSA) is 41.6 Å². The molecule has 1 saturated heterocycles. The Balaban J connectivity index is 1.32. The van der Waals surface area contributed by atoms with Crippen LogP contribution in [0.5, 0.6) is 5.75 Å². The van der Waals surface area contributed by atoms with Crippen molar-refractivity contribution in [3.05, 3.63) is 59.9 Å². The van der Waals surface area contributed by atoms with E-state index in [1.54, 1.807) is 12.1 Å². The predicted molar refractivity (Wildman–Crippen MR) is 131 cm³/mol. The minimum Gasteiger partial charge on any atom is -0.494 e. The average Bonchev–Trinajstić information content (AvgIpc) is 2.83. The van der Waals surface area contributed by atoms with Crippen LogP contribution in [0.2, 0.25) is 0 Å². The van der Waals surface area contributed by atoms with Crippen molar-refractivity contribution in [3.63, 3.8) is 0 Å². The minimum atomic E-state index is -0.801. The lowest BCUT2D eigenvalue weighted by molar-refractivity contribution is -0.122. The fraction of sp³-hybridized carbons (Fsp3) is 0.536. The van der Waals surface area contributed by atoms with Crippen LogP contribution in [0.1, 0.15) is 63.9 Å². The van der Waals surface area contributed by atoms with E-state index in [2.05, 4.69) is 17.1 Å². The van der Waals surface area contributed by atoms with Crippen LogP contribution in [-0.2, 0) is 10.2 Å². The molecule has 4 rings (SSSR count). The molecule has 1 aliphatic heterocycles. The third kappa shape index (κ3) is 5.94. The molecule has 2 aromatic carbocycles. The maximum absolute atomic E-state index is 14.7. The molecule has 2 aliphatic rings. The standard InChI is InChI=1S/C28H37FN2O2/c1-22-9-7-18-31(21-22)19-8-20-33-24-14-12-23(13-15-24)30-27(32)28(16-5-2-6-17-28)25-10-3-4-11-26(25)29/h3-4,10-15,22H,2,5-9,16-21H2,1H3,(H,30,32)/t22-/m1/s1. The molecule has 1 amide bonds. The van der Waals surface area contributed by atoms with E-state index in [0.717, 1.165) is 49.6 Å². The van der Waals surface area contributed by atoms with Crippen LogP contribution < -0.4 is 10.1 Å². The van der Waals surface area contributed by atoms with Gasteiger partial charge in [0.25, 0.3) is 0 Å². The van der Waals surface area contributed by atoms with Crippen molar-refractivity contribution in [3.8, 4) is 5.75 Å². The number of hydrogen-bond acceptors (Lipinski definition) is 3. The van der Waals surface area contributed by atoms with E-state index >= 15 is 0 Å². The van der Waals surface area contributed by atoms with Crippen molar-refractivity contribution in [2.75, 3.05) is 31.6 Å². The second-order valence-electron chi connectivity index (χ2n) is 9.85. The summed E-state index contributed by atoms with van der Waals surface area (Å²) in [5, 5.41) is 3.05. The van der Waals surface area contributed by atoms with Crippen molar-refractivity contribution in [1.29, 1.82) is 0 Å². The fourth-order valence-electron chi connectivity index (χ4n) is 5.48. The summed E-state index contributed by atoms with van der Waals surface area (Å²) in [6.07, 6.45) is 7.97. The zero-order valence-electron chi connectivity index (χ0n) is 19.8. The van der Waals surface area contributed by atoms with E-state index < -0.39 is 5.41 Å². The zero-order valence-corrected chi connectivity index (χ0v) is 19.8. The van der Waals surface area contributed by atoms with Gasteiger partial charge in [-0.25, -0.2) is 4.39 Å². The number of amides is 1. The number of halogens is 1. The van der Waals surface area contributed by atoms with Gasteiger partial charge in [-0.1, -0.05) is 44.4 Å². The Morgan fingerprint density at radius 1 is 1.09 bits per heavy atom. The van der Waals surface area contributed by atoms with Crippen LogP contribution in [0.4, 0.5) is 10.1 Å². The van der Waals surface area contributed by atoms with Crippen molar-refractivity contribution in [2.24, 2.45) is 5.92 Å². The van der Waals surface area contributed by atoms with Gasteiger partial charge in [0.1, 0.15) is 11.6 Å². The molecule has 0 unspecified atom stereocenters. The van der Waals surface area contributed by atoms with Crippen LogP contribution in [0, 0.1) is 11.7 Å². The van der Waals surface area contributed by atoms with Crippen molar-refractivity contribution in [2.45, 2.75) is 63.7 Å². The molecule has 4 nitrogen and oxygen atoms in total. The van der Waals surface area contributed by atoms with E-state index in [0.29, 0.717) is 25.0 Å². The quantitative estimate of drug-likeness (QED) is 0.487. The molecule has 0 radical (unpaired) electrons. The van der Waals surface area contributed by atoms with E-state index in [1.807, 2.05) is 30.3 Å². The molecule has 2 fully saturated rings. The van der Waals surface area contributed by atoms with Gasteiger partial charge in [0.2, 0.25) is 5.91 Å². The number of carbonyl (C=O) groups excluding carboxylic acids is 1. The molecule has 1 atom stereocenters. The smallest absolute Gasteiger partial charge is 0.235 e. The maximum Gasteiger partial charge on any atom is 0.235 e. The molecule has 1 N–H and O–H groups in total. The fourth-order valence-corrected chi connectivity index (χ4v) is 5.48. The predicted octanol–water partition coefficient (Wildman–Crippen LogP) is 6.17. The number of nitrogens with one attached hydrogen (secondary N) is 1. The van der Waals surface area contributed by atoms with Gasteiger partial charge in [-0.3, -0.25) is 4.79 Å². The lowest BCUT2D eigenvalue weighted by Gasteiger charge is -2.36. The number of piperidine rings is 1. The Bertz CT molecular complexity index is 908. The summed E-state index contributed by atoms with van der Waals surface area (Å²) in [7, 11) is 0. The molecule has 2 aromatic rings. The number of nitrogens with zero attached hydrogens (tertiary/aromatic N) is 1. The van der Waals surface area contributed by atoms with Gasteiger partial charge < -0.3 is 15.0 Å².